The minimum absolute atomic E-state index is 0.0198. The van der Waals surface area contributed by atoms with Crippen molar-refractivity contribution in [3.05, 3.63) is 65.5 Å². The molecule has 0 saturated heterocycles. The predicted octanol–water partition coefficient (Wildman–Crippen LogP) is 5.33. The van der Waals surface area contributed by atoms with E-state index in [9.17, 15) is 30.7 Å². The van der Waals surface area contributed by atoms with E-state index in [1.54, 1.807) is 6.07 Å². The minimum Gasteiger partial charge on any atom is -0.382 e. The van der Waals surface area contributed by atoms with E-state index in [-0.39, 0.29) is 19.0 Å². The number of anilines is 1. The van der Waals surface area contributed by atoms with Crippen LogP contribution in [0.1, 0.15) is 16.7 Å². The molecule has 2 aromatic carbocycles. The standard InChI is InChI=1S/C19H16F7N3/c1-2-28-17-15(19(24,25)26)8-12(18(21,22)23)9-16(17)29-10-14(27)7-11-4-3-5-13(20)6-11/h3-6,8-9,14,29H,1,7,10,27H2/t14-/m1/s1. The molecule has 0 saturated carbocycles. The molecule has 10 heteroatoms. The van der Waals surface area contributed by atoms with Crippen LogP contribution in [0.3, 0.4) is 0 Å². The van der Waals surface area contributed by atoms with Crippen LogP contribution in [0.2, 0.25) is 0 Å². The fourth-order valence-electron chi connectivity index (χ4n) is 2.63. The molecular formula is C19H16F7N3. The van der Waals surface area contributed by atoms with Gasteiger partial charge in [0.1, 0.15) is 11.5 Å². The molecule has 0 amide bonds. The number of hydrogen-bond donors (Lipinski definition) is 2. The molecule has 29 heavy (non-hydrogen) atoms. The van der Waals surface area contributed by atoms with Crippen LogP contribution in [0.4, 0.5) is 42.1 Å². The molecule has 0 aliphatic carbocycles. The molecule has 0 heterocycles. The van der Waals surface area contributed by atoms with Crippen LogP contribution < -0.4 is 11.1 Å². The molecule has 3 nitrogen and oxygen atoms in total. The summed E-state index contributed by atoms with van der Waals surface area (Å²) in [5.74, 6) is 1.42. The largest absolute Gasteiger partial charge is 0.418 e. The van der Waals surface area contributed by atoms with Crippen molar-refractivity contribution in [3.8, 4) is 0 Å². The number of aliphatic imine (C=N–C) groups is 1. The Labute approximate surface area is 161 Å². The van der Waals surface area contributed by atoms with Crippen molar-refractivity contribution in [2.24, 2.45) is 10.7 Å². The van der Waals surface area contributed by atoms with Gasteiger partial charge in [-0.05, 0) is 48.7 Å². The Morgan fingerprint density at radius 2 is 1.76 bits per heavy atom. The molecule has 2 aromatic rings. The monoisotopic (exact) mass is 419 g/mol. The first-order chi connectivity index (χ1) is 13.4. The molecule has 0 unspecified atom stereocenters. The average molecular weight is 419 g/mol. The molecular weight excluding hydrogens is 403 g/mol. The molecule has 3 N–H and O–H groups in total. The van der Waals surface area contributed by atoms with E-state index in [0.29, 0.717) is 11.6 Å². The maximum absolute atomic E-state index is 13.3. The molecule has 0 spiro atoms. The van der Waals surface area contributed by atoms with Crippen molar-refractivity contribution in [1.82, 2.24) is 0 Å². The maximum Gasteiger partial charge on any atom is 0.418 e. The van der Waals surface area contributed by atoms with E-state index >= 15 is 0 Å². The first kappa shape index (κ1) is 22.4. The first-order valence-electron chi connectivity index (χ1n) is 8.21. The van der Waals surface area contributed by atoms with Gasteiger partial charge >= 0.3 is 12.4 Å². The van der Waals surface area contributed by atoms with Gasteiger partial charge in [0.25, 0.3) is 0 Å². The van der Waals surface area contributed by atoms with Crippen molar-refractivity contribution >= 4 is 17.2 Å². The maximum atomic E-state index is 13.3. The van der Waals surface area contributed by atoms with E-state index in [1.807, 2.05) is 5.87 Å². The molecule has 156 valence electrons. The summed E-state index contributed by atoms with van der Waals surface area (Å²) in [6.07, 6.45) is -9.94. The fraction of sp³-hybridized carbons (Fsp3) is 0.263. The van der Waals surface area contributed by atoms with Crippen molar-refractivity contribution < 1.29 is 30.7 Å². The normalized spacial score (nSPS) is 13.0. The molecule has 0 radical (unpaired) electrons. The zero-order chi connectivity index (χ0) is 21.8. The van der Waals surface area contributed by atoms with Crippen molar-refractivity contribution in [2.75, 3.05) is 11.9 Å². The van der Waals surface area contributed by atoms with Gasteiger partial charge in [0.15, 0.2) is 0 Å². The summed E-state index contributed by atoms with van der Waals surface area (Å²) in [4.78, 5) is 3.37. The van der Waals surface area contributed by atoms with Gasteiger partial charge in [0.2, 0.25) is 0 Å². The van der Waals surface area contributed by atoms with E-state index < -0.39 is 46.7 Å². The van der Waals surface area contributed by atoms with Gasteiger partial charge < -0.3 is 11.1 Å². The van der Waals surface area contributed by atoms with E-state index in [1.165, 1.54) is 18.2 Å². The summed E-state index contributed by atoms with van der Waals surface area (Å²) in [7, 11) is 0. The lowest BCUT2D eigenvalue weighted by Gasteiger charge is -2.20. The minimum atomic E-state index is -5.09. The van der Waals surface area contributed by atoms with Crippen LogP contribution in [-0.4, -0.2) is 18.5 Å². The fourth-order valence-corrected chi connectivity index (χ4v) is 2.63. The van der Waals surface area contributed by atoms with Gasteiger partial charge in [-0.15, -0.1) is 0 Å². The smallest absolute Gasteiger partial charge is 0.382 e. The predicted molar refractivity (Wildman–Crippen MR) is 95.7 cm³/mol. The van der Waals surface area contributed by atoms with E-state index in [0.717, 1.165) is 0 Å². The lowest BCUT2D eigenvalue weighted by molar-refractivity contribution is -0.142. The van der Waals surface area contributed by atoms with Crippen LogP contribution in [-0.2, 0) is 18.8 Å². The van der Waals surface area contributed by atoms with Gasteiger partial charge in [-0.3, -0.25) is 0 Å². The van der Waals surface area contributed by atoms with Gasteiger partial charge in [0, 0.05) is 12.6 Å². The first-order valence-corrected chi connectivity index (χ1v) is 8.21. The molecule has 0 bridgehead atoms. The van der Waals surface area contributed by atoms with Gasteiger partial charge in [-0.2, -0.15) is 26.3 Å². The lowest BCUT2D eigenvalue weighted by Crippen LogP contribution is -2.31. The van der Waals surface area contributed by atoms with Crippen LogP contribution in [0, 0.1) is 5.82 Å². The highest BCUT2D eigenvalue weighted by Crippen LogP contribution is 2.44. The zero-order valence-corrected chi connectivity index (χ0v) is 14.8. The van der Waals surface area contributed by atoms with E-state index in [2.05, 4.69) is 16.9 Å². The van der Waals surface area contributed by atoms with Crippen molar-refractivity contribution in [3.63, 3.8) is 0 Å². The number of rotatable bonds is 6. The van der Waals surface area contributed by atoms with Gasteiger partial charge in [-0.25, -0.2) is 9.38 Å². The second-order valence-corrected chi connectivity index (χ2v) is 6.16. The Kier molecular flexibility index (Phi) is 6.71. The Bertz CT molecular complexity index is 913. The number of nitrogens with two attached hydrogens (primary N) is 1. The van der Waals surface area contributed by atoms with Crippen LogP contribution in [0.25, 0.3) is 0 Å². The summed E-state index contributed by atoms with van der Waals surface area (Å²) in [6.45, 7) is 2.90. The van der Waals surface area contributed by atoms with Crippen LogP contribution >= 0.6 is 0 Å². The molecule has 2 rings (SSSR count). The quantitative estimate of drug-likeness (QED) is 0.491. The SMILES string of the molecule is C=C=Nc1c(NC[C@H](N)Cc2cccc(F)c2)cc(C(F)(F)F)cc1C(F)(F)F. The van der Waals surface area contributed by atoms with Crippen molar-refractivity contribution in [1.29, 1.82) is 0 Å². The Hall–Kier alpha value is -2.84. The number of nitrogens with zero attached hydrogens (tertiary/aromatic N) is 1. The number of halogens is 7. The van der Waals surface area contributed by atoms with Gasteiger partial charge in [-0.1, -0.05) is 12.1 Å². The summed E-state index contributed by atoms with van der Waals surface area (Å²) in [5, 5.41) is 2.48. The average Bonchev–Trinajstić information content (AvgIpc) is 2.59. The summed E-state index contributed by atoms with van der Waals surface area (Å²) in [5.41, 5.74) is 2.05. The Morgan fingerprint density at radius 1 is 1.07 bits per heavy atom. The highest BCUT2D eigenvalue weighted by molar-refractivity contribution is 5.75. The van der Waals surface area contributed by atoms with E-state index in [4.69, 9.17) is 5.73 Å². The molecule has 0 aromatic heterocycles. The lowest BCUT2D eigenvalue weighted by atomic mass is 10.0. The Balaban J connectivity index is 2.35. The van der Waals surface area contributed by atoms with Gasteiger partial charge in [0.05, 0.1) is 16.8 Å². The number of benzene rings is 2. The third-order valence-corrected chi connectivity index (χ3v) is 3.88. The second kappa shape index (κ2) is 8.67. The summed E-state index contributed by atoms with van der Waals surface area (Å²) in [6, 6.07) is 5.30. The third-order valence-electron chi connectivity index (χ3n) is 3.88. The van der Waals surface area contributed by atoms with Crippen LogP contribution in [0.5, 0.6) is 0 Å². The second-order valence-electron chi connectivity index (χ2n) is 6.16. The number of hydrogen-bond acceptors (Lipinski definition) is 3. The summed E-state index contributed by atoms with van der Waals surface area (Å²) < 4.78 is 92.3. The number of nitrogens with one attached hydrogen (secondary N) is 1. The zero-order valence-electron chi connectivity index (χ0n) is 14.8. The molecule has 0 aliphatic rings. The third kappa shape index (κ3) is 6.07. The highest BCUT2D eigenvalue weighted by atomic mass is 19.4. The molecule has 0 aliphatic heterocycles. The van der Waals surface area contributed by atoms with Crippen LogP contribution in [0.15, 0.2) is 48.0 Å². The Morgan fingerprint density at radius 3 is 2.31 bits per heavy atom. The topological polar surface area (TPSA) is 50.4 Å². The summed E-state index contributed by atoms with van der Waals surface area (Å²) >= 11 is 0. The van der Waals surface area contributed by atoms with Crippen molar-refractivity contribution in [2.45, 2.75) is 24.8 Å². The number of alkyl halides is 6. The molecule has 1 atom stereocenters. The highest BCUT2D eigenvalue weighted by Gasteiger charge is 2.39. The molecule has 0 fully saturated rings.